The third-order valence-corrected chi connectivity index (χ3v) is 3.55. The molecule has 23 heavy (non-hydrogen) atoms. The number of hydrogen-bond donors (Lipinski definition) is 3. The van der Waals surface area contributed by atoms with Crippen molar-refractivity contribution in [2.75, 3.05) is 5.32 Å². The Morgan fingerprint density at radius 2 is 1.70 bits per heavy atom. The van der Waals surface area contributed by atoms with Crippen LogP contribution in [0.3, 0.4) is 0 Å². The number of hydrazone groups is 1. The van der Waals surface area contributed by atoms with Crippen molar-refractivity contribution >= 4 is 17.4 Å². The van der Waals surface area contributed by atoms with E-state index in [9.17, 15) is 9.90 Å². The highest BCUT2D eigenvalue weighted by atomic mass is 16.3. The minimum absolute atomic E-state index is 0.199. The molecule has 5 heteroatoms. The van der Waals surface area contributed by atoms with Crippen molar-refractivity contribution in [2.45, 2.75) is 27.2 Å². The first kappa shape index (κ1) is 16.5. The van der Waals surface area contributed by atoms with Crippen molar-refractivity contribution in [2.24, 2.45) is 5.10 Å². The highest BCUT2D eigenvalue weighted by Crippen LogP contribution is 2.19. The van der Waals surface area contributed by atoms with Gasteiger partial charge in [-0.3, -0.25) is 0 Å². The summed E-state index contributed by atoms with van der Waals surface area (Å²) in [5, 5.41) is 16.3. The molecule has 0 saturated heterocycles. The number of aryl methyl sites for hydroxylation is 2. The maximum atomic E-state index is 12.1. The molecule has 0 saturated carbocycles. The number of nitrogens with zero attached hydrogens (tertiary/aromatic N) is 1. The van der Waals surface area contributed by atoms with Crippen molar-refractivity contribution in [1.29, 1.82) is 0 Å². The van der Waals surface area contributed by atoms with Crippen LogP contribution in [-0.2, 0) is 0 Å². The third-order valence-electron chi connectivity index (χ3n) is 3.55. The number of carbonyl (C=O) groups excluding carboxylic acids is 1. The van der Waals surface area contributed by atoms with Crippen molar-refractivity contribution in [3.63, 3.8) is 0 Å². The van der Waals surface area contributed by atoms with E-state index in [1.54, 1.807) is 24.3 Å². The quantitative estimate of drug-likeness (QED) is 0.591. The van der Waals surface area contributed by atoms with Crippen LogP contribution in [0.5, 0.6) is 5.75 Å². The monoisotopic (exact) mass is 311 g/mol. The van der Waals surface area contributed by atoms with Gasteiger partial charge in [0.2, 0.25) is 0 Å². The second-order valence-corrected chi connectivity index (χ2v) is 5.29. The van der Waals surface area contributed by atoms with Crippen LogP contribution < -0.4 is 10.7 Å². The molecular formula is C18H21N3O2. The fraction of sp³-hybridized carbons (Fsp3) is 0.222. The normalized spacial score (nSPS) is 11.2. The number of carbonyl (C=O) groups is 1. The van der Waals surface area contributed by atoms with Gasteiger partial charge in [-0.15, -0.1) is 0 Å². The summed E-state index contributed by atoms with van der Waals surface area (Å²) in [5.41, 5.74) is 6.91. The highest BCUT2D eigenvalue weighted by molar-refractivity contribution is 6.01. The molecule has 2 aromatic rings. The summed E-state index contributed by atoms with van der Waals surface area (Å²) in [5.74, 6) is 0.199. The Morgan fingerprint density at radius 3 is 2.26 bits per heavy atom. The van der Waals surface area contributed by atoms with Crippen LogP contribution in [0.4, 0.5) is 10.5 Å². The van der Waals surface area contributed by atoms with Gasteiger partial charge >= 0.3 is 6.03 Å². The molecule has 5 nitrogen and oxygen atoms in total. The average Bonchev–Trinajstić information content (AvgIpc) is 2.53. The number of anilines is 1. The summed E-state index contributed by atoms with van der Waals surface area (Å²) >= 11 is 0. The van der Waals surface area contributed by atoms with Gasteiger partial charge in [-0.25, -0.2) is 10.2 Å². The lowest BCUT2D eigenvalue weighted by molar-refractivity contribution is 0.252. The van der Waals surface area contributed by atoms with Crippen LogP contribution in [0, 0.1) is 13.8 Å². The molecule has 0 fully saturated rings. The highest BCUT2D eigenvalue weighted by Gasteiger charge is 2.07. The van der Waals surface area contributed by atoms with Gasteiger partial charge in [0.1, 0.15) is 5.75 Å². The molecule has 2 amide bonds. The summed E-state index contributed by atoms with van der Waals surface area (Å²) in [6.45, 7) is 5.84. The van der Waals surface area contributed by atoms with E-state index in [1.165, 1.54) is 0 Å². The van der Waals surface area contributed by atoms with E-state index in [1.807, 2.05) is 39.0 Å². The zero-order valence-electron chi connectivity index (χ0n) is 13.6. The molecule has 0 radical (unpaired) electrons. The lowest BCUT2D eigenvalue weighted by Crippen LogP contribution is -2.26. The number of rotatable bonds is 4. The summed E-state index contributed by atoms with van der Waals surface area (Å²) in [6, 6.07) is 12.2. The largest absolute Gasteiger partial charge is 0.508 e. The molecular weight excluding hydrogens is 290 g/mol. The van der Waals surface area contributed by atoms with E-state index in [-0.39, 0.29) is 11.8 Å². The van der Waals surface area contributed by atoms with Gasteiger partial charge in [0.15, 0.2) is 0 Å². The molecule has 2 aromatic carbocycles. The zero-order valence-corrected chi connectivity index (χ0v) is 13.6. The molecule has 0 atom stereocenters. The minimum Gasteiger partial charge on any atom is -0.508 e. The molecule has 0 aromatic heterocycles. The maximum absolute atomic E-state index is 12.1. The van der Waals surface area contributed by atoms with Gasteiger partial charge in [-0.1, -0.05) is 25.1 Å². The van der Waals surface area contributed by atoms with E-state index >= 15 is 0 Å². The van der Waals surface area contributed by atoms with Crippen LogP contribution in [-0.4, -0.2) is 16.8 Å². The predicted molar refractivity (Wildman–Crippen MR) is 93.0 cm³/mol. The van der Waals surface area contributed by atoms with Crippen LogP contribution in [0.15, 0.2) is 47.6 Å². The Morgan fingerprint density at radius 1 is 1.09 bits per heavy atom. The number of hydrogen-bond acceptors (Lipinski definition) is 3. The molecule has 0 aliphatic carbocycles. The van der Waals surface area contributed by atoms with E-state index < -0.39 is 0 Å². The third kappa shape index (κ3) is 4.32. The number of phenols is 1. The first-order valence-electron chi connectivity index (χ1n) is 7.50. The Hall–Kier alpha value is -2.82. The minimum atomic E-state index is -0.382. The number of phenolic OH excluding ortho intramolecular Hbond substituents is 1. The number of benzene rings is 2. The summed E-state index contributed by atoms with van der Waals surface area (Å²) < 4.78 is 0. The molecule has 0 spiro atoms. The number of urea groups is 1. The second-order valence-electron chi connectivity index (χ2n) is 5.29. The Labute approximate surface area is 136 Å². The van der Waals surface area contributed by atoms with Gasteiger partial charge in [0.05, 0.1) is 5.71 Å². The average molecular weight is 311 g/mol. The topological polar surface area (TPSA) is 73.7 Å². The Balaban J connectivity index is 2.08. The maximum Gasteiger partial charge on any atom is 0.339 e. The Bertz CT molecular complexity index is 701. The molecule has 3 N–H and O–H groups in total. The lowest BCUT2D eigenvalue weighted by atomic mass is 10.1. The first-order valence-corrected chi connectivity index (χ1v) is 7.50. The lowest BCUT2D eigenvalue weighted by Gasteiger charge is -2.11. The predicted octanol–water partition coefficient (Wildman–Crippen LogP) is 3.94. The van der Waals surface area contributed by atoms with Crippen molar-refractivity contribution in [3.05, 3.63) is 59.2 Å². The van der Waals surface area contributed by atoms with E-state index in [0.29, 0.717) is 6.42 Å². The van der Waals surface area contributed by atoms with E-state index in [2.05, 4.69) is 15.8 Å². The van der Waals surface area contributed by atoms with Gasteiger partial charge < -0.3 is 10.4 Å². The second kappa shape index (κ2) is 7.45. The van der Waals surface area contributed by atoms with Crippen LogP contribution in [0.2, 0.25) is 0 Å². The van der Waals surface area contributed by atoms with Gasteiger partial charge in [-0.05, 0) is 61.2 Å². The van der Waals surface area contributed by atoms with Gasteiger partial charge in [-0.2, -0.15) is 5.10 Å². The van der Waals surface area contributed by atoms with Crippen molar-refractivity contribution in [3.8, 4) is 5.75 Å². The van der Waals surface area contributed by atoms with E-state index in [4.69, 9.17) is 0 Å². The van der Waals surface area contributed by atoms with Crippen molar-refractivity contribution < 1.29 is 9.90 Å². The summed E-state index contributed by atoms with van der Waals surface area (Å²) in [4.78, 5) is 12.1. The molecule has 0 bridgehead atoms. The number of aromatic hydroxyl groups is 1. The molecule has 0 unspecified atom stereocenters. The van der Waals surface area contributed by atoms with Crippen LogP contribution in [0.1, 0.15) is 30.0 Å². The molecule has 0 aliphatic heterocycles. The smallest absolute Gasteiger partial charge is 0.339 e. The fourth-order valence-electron chi connectivity index (χ4n) is 2.27. The van der Waals surface area contributed by atoms with Crippen LogP contribution in [0.25, 0.3) is 0 Å². The molecule has 0 aliphatic rings. The van der Waals surface area contributed by atoms with Crippen LogP contribution >= 0.6 is 0 Å². The van der Waals surface area contributed by atoms with Gasteiger partial charge in [0.25, 0.3) is 0 Å². The fourth-order valence-corrected chi connectivity index (χ4v) is 2.27. The number of nitrogens with one attached hydrogen (secondary N) is 2. The van der Waals surface area contributed by atoms with E-state index in [0.717, 1.165) is 28.1 Å². The number of amides is 2. The molecule has 2 rings (SSSR count). The Kier molecular flexibility index (Phi) is 5.36. The standard InChI is InChI=1S/C18H21N3O2/c1-4-16(14-8-10-15(22)11-9-14)20-21-18(23)19-17-12(2)6-5-7-13(17)3/h5-11,22H,4H2,1-3H3,(H2,19,21,23)/b20-16+. The van der Waals surface area contributed by atoms with Crippen molar-refractivity contribution in [1.82, 2.24) is 5.43 Å². The summed E-state index contributed by atoms with van der Waals surface area (Å²) in [7, 11) is 0. The molecule has 120 valence electrons. The SMILES string of the molecule is CC/C(=N\NC(=O)Nc1c(C)cccc1C)c1ccc(O)cc1. The summed E-state index contributed by atoms with van der Waals surface area (Å²) in [6.07, 6.45) is 0.661. The zero-order chi connectivity index (χ0) is 16.8. The number of para-hydroxylation sites is 1. The molecule has 0 heterocycles. The first-order chi connectivity index (χ1) is 11.0. The van der Waals surface area contributed by atoms with Gasteiger partial charge in [0, 0.05) is 5.69 Å².